The highest BCUT2D eigenvalue weighted by atomic mass is 32.2. The van der Waals surface area contributed by atoms with Crippen molar-refractivity contribution >= 4 is 26.5 Å². The molecule has 1 heterocycles. The standard InChI is InChI=1S/C7H10N2O2S2/c10-13(11,5-6-1-2-6)9-7-8-3-4-12-7/h3-4,6H,1-2,5H2,(H,8,9). The second-order valence-electron chi connectivity index (χ2n) is 3.16. The van der Waals surface area contributed by atoms with Crippen LogP contribution >= 0.6 is 11.3 Å². The number of rotatable bonds is 4. The van der Waals surface area contributed by atoms with Crippen molar-refractivity contribution in [3.8, 4) is 0 Å². The predicted octanol–water partition coefficient (Wildman–Crippen LogP) is 1.29. The Balaban J connectivity index is 1.99. The predicted molar refractivity (Wildman–Crippen MR) is 52.2 cm³/mol. The van der Waals surface area contributed by atoms with Crippen LogP contribution in [0.25, 0.3) is 0 Å². The Kier molecular flexibility index (Phi) is 2.25. The summed E-state index contributed by atoms with van der Waals surface area (Å²) in [7, 11) is -3.14. The van der Waals surface area contributed by atoms with Gasteiger partial charge in [0.1, 0.15) is 0 Å². The van der Waals surface area contributed by atoms with Crippen molar-refractivity contribution in [1.29, 1.82) is 0 Å². The molecular formula is C7H10N2O2S2. The Bertz CT molecular complexity index is 367. The molecule has 0 atom stereocenters. The van der Waals surface area contributed by atoms with Gasteiger partial charge in [0.15, 0.2) is 5.13 Å². The lowest BCUT2D eigenvalue weighted by molar-refractivity contribution is 0.597. The molecule has 0 aliphatic heterocycles. The summed E-state index contributed by atoms with van der Waals surface area (Å²) in [6.45, 7) is 0. The topological polar surface area (TPSA) is 59.1 Å². The van der Waals surface area contributed by atoms with Crippen LogP contribution in [-0.2, 0) is 10.0 Å². The van der Waals surface area contributed by atoms with Gasteiger partial charge in [0, 0.05) is 11.6 Å². The van der Waals surface area contributed by atoms with E-state index in [4.69, 9.17) is 0 Å². The molecule has 4 nitrogen and oxygen atoms in total. The number of thiazole rings is 1. The van der Waals surface area contributed by atoms with Crippen LogP contribution in [0.4, 0.5) is 5.13 Å². The van der Waals surface area contributed by atoms with Gasteiger partial charge in [-0.1, -0.05) is 0 Å². The van der Waals surface area contributed by atoms with Crippen molar-refractivity contribution in [1.82, 2.24) is 4.98 Å². The number of hydrogen-bond donors (Lipinski definition) is 1. The molecule has 0 amide bonds. The van der Waals surface area contributed by atoms with E-state index < -0.39 is 10.0 Å². The van der Waals surface area contributed by atoms with E-state index in [2.05, 4.69) is 9.71 Å². The smallest absolute Gasteiger partial charge is 0.234 e. The Labute approximate surface area is 81.1 Å². The maximum absolute atomic E-state index is 11.4. The van der Waals surface area contributed by atoms with Crippen molar-refractivity contribution in [3.05, 3.63) is 11.6 Å². The third kappa shape index (κ3) is 2.67. The van der Waals surface area contributed by atoms with Crippen molar-refractivity contribution < 1.29 is 8.42 Å². The second kappa shape index (κ2) is 3.26. The van der Waals surface area contributed by atoms with Crippen molar-refractivity contribution in [2.45, 2.75) is 12.8 Å². The average Bonchev–Trinajstić information content (AvgIpc) is 2.64. The Morgan fingerprint density at radius 1 is 1.62 bits per heavy atom. The van der Waals surface area contributed by atoms with Gasteiger partial charge in [-0.05, 0) is 18.8 Å². The molecule has 1 aliphatic rings. The van der Waals surface area contributed by atoms with E-state index in [1.54, 1.807) is 11.6 Å². The molecule has 13 heavy (non-hydrogen) atoms. The number of sulfonamides is 1. The minimum Gasteiger partial charge on any atom is -0.259 e. The summed E-state index contributed by atoms with van der Waals surface area (Å²) in [5.41, 5.74) is 0. The van der Waals surface area contributed by atoms with E-state index >= 15 is 0 Å². The van der Waals surface area contributed by atoms with Crippen LogP contribution < -0.4 is 4.72 Å². The molecule has 0 spiro atoms. The van der Waals surface area contributed by atoms with Crippen LogP contribution in [-0.4, -0.2) is 19.2 Å². The molecule has 0 saturated heterocycles. The van der Waals surface area contributed by atoms with Crippen molar-refractivity contribution in [2.24, 2.45) is 5.92 Å². The molecule has 0 aromatic carbocycles. The van der Waals surface area contributed by atoms with Gasteiger partial charge in [-0.3, -0.25) is 4.72 Å². The zero-order valence-electron chi connectivity index (χ0n) is 6.93. The van der Waals surface area contributed by atoms with Gasteiger partial charge in [0.25, 0.3) is 0 Å². The summed E-state index contributed by atoms with van der Waals surface area (Å²) >= 11 is 1.30. The number of nitrogens with zero attached hydrogens (tertiary/aromatic N) is 1. The first-order chi connectivity index (χ1) is 6.16. The molecule has 0 unspecified atom stereocenters. The van der Waals surface area contributed by atoms with Gasteiger partial charge in [-0.15, -0.1) is 11.3 Å². The summed E-state index contributed by atoms with van der Waals surface area (Å²) in [6.07, 6.45) is 3.66. The minimum absolute atomic E-state index is 0.243. The monoisotopic (exact) mass is 218 g/mol. The van der Waals surface area contributed by atoms with Crippen molar-refractivity contribution in [2.75, 3.05) is 10.5 Å². The Hall–Kier alpha value is -0.620. The molecular weight excluding hydrogens is 208 g/mol. The SMILES string of the molecule is O=S(=O)(CC1CC1)Nc1nccs1. The minimum atomic E-state index is -3.14. The van der Waals surface area contributed by atoms with Crippen LogP contribution in [0.3, 0.4) is 0 Å². The fraction of sp³-hybridized carbons (Fsp3) is 0.571. The second-order valence-corrected chi connectivity index (χ2v) is 5.83. The van der Waals surface area contributed by atoms with Gasteiger partial charge in [0.2, 0.25) is 10.0 Å². The fourth-order valence-corrected chi connectivity index (χ4v) is 3.35. The Morgan fingerprint density at radius 3 is 2.92 bits per heavy atom. The largest absolute Gasteiger partial charge is 0.259 e. The zero-order valence-corrected chi connectivity index (χ0v) is 8.57. The van der Waals surface area contributed by atoms with E-state index in [-0.39, 0.29) is 5.75 Å². The van der Waals surface area contributed by atoms with Gasteiger partial charge >= 0.3 is 0 Å². The van der Waals surface area contributed by atoms with Crippen molar-refractivity contribution in [3.63, 3.8) is 0 Å². The maximum atomic E-state index is 11.4. The first-order valence-corrected chi connectivity index (χ1v) is 6.59. The number of nitrogens with one attached hydrogen (secondary N) is 1. The molecule has 1 saturated carbocycles. The first-order valence-electron chi connectivity index (χ1n) is 4.06. The third-order valence-corrected chi connectivity index (χ3v) is 4.06. The molecule has 1 N–H and O–H groups in total. The number of aromatic nitrogens is 1. The molecule has 72 valence electrons. The first kappa shape index (κ1) is 8.96. The van der Waals surface area contributed by atoms with E-state index in [1.165, 1.54) is 11.3 Å². The van der Waals surface area contributed by atoms with Crippen LogP contribution in [0.15, 0.2) is 11.6 Å². The third-order valence-electron chi connectivity index (χ3n) is 1.83. The molecule has 2 rings (SSSR count). The van der Waals surface area contributed by atoms with Crippen LogP contribution in [0.2, 0.25) is 0 Å². The molecule has 0 bridgehead atoms. The molecule has 1 aliphatic carbocycles. The summed E-state index contributed by atoms with van der Waals surface area (Å²) in [4.78, 5) is 3.86. The lowest BCUT2D eigenvalue weighted by Gasteiger charge is -2.02. The highest BCUT2D eigenvalue weighted by molar-refractivity contribution is 7.92. The maximum Gasteiger partial charge on any atom is 0.234 e. The highest BCUT2D eigenvalue weighted by Gasteiger charge is 2.28. The number of anilines is 1. The van der Waals surface area contributed by atoms with Gasteiger partial charge < -0.3 is 0 Å². The quantitative estimate of drug-likeness (QED) is 0.828. The summed E-state index contributed by atoms with van der Waals surface area (Å²) < 4.78 is 25.3. The summed E-state index contributed by atoms with van der Waals surface area (Å²) in [5.74, 6) is 0.615. The van der Waals surface area contributed by atoms with E-state index in [0.29, 0.717) is 11.0 Å². The molecule has 1 aromatic heterocycles. The summed E-state index contributed by atoms with van der Waals surface area (Å²) in [6, 6.07) is 0. The average molecular weight is 218 g/mol. The summed E-state index contributed by atoms with van der Waals surface area (Å²) in [5, 5.41) is 2.20. The Morgan fingerprint density at radius 2 is 2.38 bits per heavy atom. The lowest BCUT2D eigenvalue weighted by Crippen LogP contribution is -2.17. The zero-order chi connectivity index (χ0) is 9.31. The molecule has 6 heteroatoms. The van der Waals surface area contributed by atoms with Gasteiger partial charge in [-0.2, -0.15) is 0 Å². The lowest BCUT2D eigenvalue weighted by atomic mass is 10.5. The van der Waals surface area contributed by atoms with Gasteiger partial charge in [0.05, 0.1) is 5.75 Å². The number of hydrogen-bond acceptors (Lipinski definition) is 4. The van der Waals surface area contributed by atoms with Crippen LogP contribution in [0.1, 0.15) is 12.8 Å². The fourth-order valence-electron chi connectivity index (χ4n) is 1.04. The van der Waals surface area contributed by atoms with E-state index in [9.17, 15) is 8.42 Å². The van der Waals surface area contributed by atoms with E-state index in [0.717, 1.165) is 12.8 Å². The van der Waals surface area contributed by atoms with E-state index in [1.807, 2.05) is 0 Å². The molecule has 1 fully saturated rings. The highest BCUT2D eigenvalue weighted by Crippen LogP contribution is 2.30. The van der Waals surface area contributed by atoms with Gasteiger partial charge in [-0.25, -0.2) is 13.4 Å². The molecule has 1 aromatic rings. The van der Waals surface area contributed by atoms with Crippen LogP contribution in [0, 0.1) is 5.92 Å². The molecule has 0 radical (unpaired) electrons. The van der Waals surface area contributed by atoms with Crippen LogP contribution in [0.5, 0.6) is 0 Å². The normalized spacial score (nSPS) is 17.2.